The topological polar surface area (TPSA) is 57.5 Å². The van der Waals surface area contributed by atoms with E-state index in [2.05, 4.69) is 0 Å². The second-order valence-corrected chi connectivity index (χ2v) is 7.00. The molecule has 96 valence electrons. The molecule has 0 atom stereocenters. The molecule has 0 aliphatic rings. The maximum atomic E-state index is 10.9. The van der Waals surface area contributed by atoms with Crippen LogP contribution >= 0.6 is 0 Å². The van der Waals surface area contributed by atoms with E-state index in [0.29, 0.717) is 0 Å². The first-order valence-electron chi connectivity index (χ1n) is 5.62. The van der Waals surface area contributed by atoms with Crippen LogP contribution in [0.3, 0.4) is 0 Å². The molecule has 2 rings (SSSR count). The van der Waals surface area contributed by atoms with Crippen LogP contribution in [-0.4, -0.2) is 37.1 Å². The number of hydrogen-bond donors (Lipinski definition) is 2. The van der Waals surface area contributed by atoms with Crippen molar-refractivity contribution in [2.75, 3.05) is 0 Å². The summed E-state index contributed by atoms with van der Waals surface area (Å²) < 4.78 is 1.84. The summed E-state index contributed by atoms with van der Waals surface area (Å²) in [5, 5.41) is 18.4. The van der Waals surface area contributed by atoms with Crippen LogP contribution in [0.15, 0.2) is 60.7 Å². The number of aliphatic carboxylic acids is 1. The van der Waals surface area contributed by atoms with Gasteiger partial charge in [0.05, 0.1) is 0 Å². The molecule has 0 fully saturated rings. The van der Waals surface area contributed by atoms with Crippen molar-refractivity contribution < 1.29 is 15.0 Å². The van der Waals surface area contributed by atoms with Gasteiger partial charge in [-0.1, -0.05) is 0 Å². The summed E-state index contributed by atoms with van der Waals surface area (Å²) in [5.41, 5.74) is 0.927. The molecular formula is C15H12O3Te. The number of carboxylic acids is 1. The quantitative estimate of drug-likeness (QED) is 0.640. The molecule has 0 aliphatic heterocycles. The van der Waals surface area contributed by atoms with Crippen molar-refractivity contribution >= 4 is 34.1 Å². The first kappa shape index (κ1) is 13.7. The molecule has 0 aliphatic carbocycles. The van der Waals surface area contributed by atoms with E-state index in [4.69, 9.17) is 5.11 Å². The van der Waals surface area contributed by atoms with Gasteiger partial charge in [-0.2, -0.15) is 0 Å². The van der Waals surface area contributed by atoms with E-state index in [9.17, 15) is 9.90 Å². The van der Waals surface area contributed by atoms with Crippen molar-refractivity contribution in [1.82, 2.24) is 0 Å². The van der Waals surface area contributed by atoms with Crippen LogP contribution in [0.5, 0.6) is 5.75 Å². The molecule has 0 amide bonds. The monoisotopic (exact) mass is 370 g/mol. The molecule has 2 N–H and O–H groups in total. The summed E-state index contributed by atoms with van der Waals surface area (Å²) in [7, 11) is 0. The van der Waals surface area contributed by atoms with Crippen LogP contribution in [0.25, 0.3) is 3.62 Å². The second-order valence-electron chi connectivity index (χ2n) is 3.81. The van der Waals surface area contributed by atoms with E-state index in [1.807, 2.05) is 36.4 Å². The van der Waals surface area contributed by atoms with Crippen molar-refractivity contribution in [3.63, 3.8) is 0 Å². The van der Waals surface area contributed by atoms with Gasteiger partial charge in [-0.15, -0.1) is 0 Å². The molecule has 2 aromatic rings. The van der Waals surface area contributed by atoms with Crippen LogP contribution in [0, 0.1) is 0 Å². The van der Waals surface area contributed by atoms with E-state index in [0.717, 1.165) is 12.8 Å². The fourth-order valence-electron chi connectivity index (χ4n) is 1.56. The van der Waals surface area contributed by atoms with Gasteiger partial charge in [-0.3, -0.25) is 0 Å². The number of carbonyl (C=O) groups is 1. The third kappa shape index (κ3) is 4.13. The second kappa shape index (κ2) is 6.42. The number of carboxylic acid groups (broad SMARTS) is 1. The first-order chi connectivity index (χ1) is 9.15. The number of phenolic OH excluding ortho intramolecular Hbond substituents is 1. The summed E-state index contributed by atoms with van der Waals surface area (Å²) >= 11 is -0.850. The molecule has 0 spiro atoms. The summed E-state index contributed by atoms with van der Waals surface area (Å²) in [4.78, 5) is 10.9. The average molecular weight is 368 g/mol. The van der Waals surface area contributed by atoms with Gasteiger partial charge >= 0.3 is 121 Å². The maximum absolute atomic E-state index is 10.9. The van der Waals surface area contributed by atoms with Crippen molar-refractivity contribution in [2.45, 2.75) is 0 Å². The zero-order valence-corrected chi connectivity index (χ0v) is 12.3. The fourth-order valence-corrected chi connectivity index (χ4v) is 4.40. The SMILES string of the molecule is O=C(O)/C=C(\[Te]c1cccc(O)c1)c1ccccc1. The van der Waals surface area contributed by atoms with Gasteiger partial charge in [0.2, 0.25) is 0 Å². The summed E-state index contributed by atoms with van der Waals surface area (Å²) in [6.45, 7) is 0. The van der Waals surface area contributed by atoms with Crippen LogP contribution in [0.2, 0.25) is 0 Å². The summed E-state index contributed by atoms with van der Waals surface area (Å²) in [6, 6.07) is 16.5. The molecule has 3 nitrogen and oxygen atoms in total. The Morgan fingerprint density at radius 3 is 2.42 bits per heavy atom. The third-order valence-corrected chi connectivity index (χ3v) is 5.39. The minimum atomic E-state index is -0.941. The predicted molar refractivity (Wildman–Crippen MR) is 75.5 cm³/mol. The van der Waals surface area contributed by atoms with E-state index in [1.54, 1.807) is 18.2 Å². The Kier molecular flexibility index (Phi) is 4.62. The molecule has 0 saturated carbocycles. The Hall–Kier alpha value is -1.76. The first-order valence-corrected chi connectivity index (χ1v) is 7.95. The van der Waals surface area contributed by atoms with Crippen LogP contribution in [0.4, 0.5) is 0 Å². The summed E-state index contributed by atoms with van der Waals surface area (Å²) in [6.07, 6.45) is 1.27. The standard InChI is InChI=1S/C15H12O3Te/c16-12-7-4-8-13(9-12)19-14(10-15(17)18)11-5-2-1-3-6-11/h1-10,16H,(H,17,18)/b14-10-. The number of benzene rings is 2. The Labute approximate surface area is 121 Å². The molecule has 2 aromatic carbocycles. The molecule has 19 heavy (non-hydrogen) atoms. The molecule has 0 bridgehead atoms. The van der Waals surface area contributed by atoms with Crippen molar-refractivity contribution in [3.05, 3.63) is 66.2 Å². The van der Waals surface area contributed by atoms with Crippen molar-refractivity contribution in [3.8, 4) is 5.75 Å². The van der Waals surface area contributed by atoms with Crippen LogP contribution < -0.4 is 3.61 Å². The van der Waals surface area contributed by atoms with Crippen LogP contribution in [0.1, 0.15) is 5.56 Å². The minimum absolute atomic E-state index is 0.213. The molecule has 0 saturated heterocycles. The molecule has 0 heterocycles. The third-order valence-electron chi connectivity index (χ3n) is 2.36. The van der Waals surface area contributed by atoms with Gasteiger partial charge in [0, 0.05) is 0 Å². The number of phenols is 1. The average Bonchev–Trinajstić information content (AvgIpc) is 2.38. The number of rotatable bonds is 4. The van der Waals surface area contributed by atoms with E-state index in [1.165, 1.54) is 6.08 Å². The molecule has 0 radical (unpaired) electrons. The van der Waals surface area contributed by atoms with Crippen molar-refractivity contribution in [2.24, 2.45) is 0 Å². The molecular weight excluding hydrogens is 356 g/mol. The number of aromatic hydroxyl groups is 1. The fraction of sp³-hybridized carbons (Fsp3) is 0. The Balaban J connectivity index is 2.33. The van der Waals surface area contributed by atoms with Gasteiger partial charge < -0.3 is 0 Å². The molecule has 0 aromatic heterocycles. The van der Waals surface area contributed by atoms with Gasteiger partial charge in [0.15, 0.2) is 0 Å². The zero-order chi connectivity index (χ0) is 13.7. The van der Waals surface area contributed by atoms with Gasteiger partial charge in [-0.05, 0) is 0 Å². The Bertz CT molecular complexity index is 606. The zero-order valence-electron chi connectivity index (χ0n) is 9.98. The Morgan fingerprint density at radius 1 is 1.05 bits per heavy atom. The van der Waals surface area contributed by atoms with Gasteiger partial charge in [0.25, 0.3) is 0 Å². The van der Waals surface area contributed by atoms with E-state index in [-0.39, 0.29) is 5.75 Å². The van der Waals surface area contributed by atoms with Crippen molar-refractivity contribution in [1.29, 1.82) is 0 Å². The predicted octanol–water partition coefficient (Wildman–Crippen LogP) is 1.85. The van der Waals surface area contributed by atoms with Crippen LogP contribution in [-0.2, 0) is 4.79 Å². The molecule has 4 heteroatoms. The normalized spacial score (nSPS) is 11.3. The number of hydrogen-bond acceptors (Lipinski definition) is 2. The Morgan fingerprint density at radius 2 is 1.79 bits per heavy atom. The molecule has 0 unspecified atom stereocenters. The summed E-state index contributed by atoms with van der Waals surface area (Å²) in [5.74, 6) is -0.727. The van der Waals surface area contributed by atoms with E-state index >= 15 is 0 Å². The van der Waals surface area contributed by atoms with E-state index < -0.39 is 26.9 Å². The van der Waals surface area contributed by atoms with Gasteiger partial charge in [-0.25, -0.2) is 0 Å². The van der Waals surface area contributed by atoms with Gasteiger partial charge in [0.1, 0.15) is 0 Å².